The highest BCUT2D eigenvalue weighted by molar-refractivity contribution is 5.37. The van der Waals surface area contributed by atoms with E-state index in [-0.39, 0.29) is 11.9 Å². The van der Waals surface area contributed by atoms with Crippen LogP contribution in [0.4, 0.5) is 4.39 Å². The van der Waals surface area contributed by atoms with Crippen LogP contribution in [-0.2, 0) is 6.54 Å². The number of benzene rings is 1. The monoisotopic (exact) mass is 258 g/mol. The van der Waals surface area contributed by atoms with E-state index in [1.807, 2.05) is 26.0 Å². The first-order chi connectivity index (χ1) is 9.10. The molecule has 0 aliphatic rings. The predicted octanol–water partition coefficient (Wildman–Crippen LogP) is 3.45. The number of nitriles is 1. The van der Waals surface area contributed by atoms with Gasteiger partial charge in [-0.3, -0.25) is 0 Å². The molecule has 0 saturated heterocycles. The molecule has 4 heteroatoms. The van der Waals surface area contributed by atoms with Crippen LogP contribution in [0.2, 0.25) is 0 Å². The van der Waals surface area contributed by atoms with Crippen LogP contribution in [0, 0.1) is 24.1 Å². The lowest BCUT2D eigenvalue weighted by Crippen LogP contribution is -2.18. The van der Waals surface area contributed by atoms with Crippen molar-refractivity contribution in [2.45, 2.75) is 26.4 Å². The third kappa shape index (κ3) is 3.21. The van der Waals surface area contributed by atoms with Crippen molar-refractivity contribution >= 4 is 0 Å². The summed E-state index contributed by atoms with van der Waals surface area (Å²) in [5.41, 5.74) is 1.13. The molecule has 19 heavy (non-hydrogen) atoms. The SMILES string of the molecule is Cc1ccc(C(C)NCc2cc(F)ccc2C#N)o1. The number of nitrogens with one attached hydrogen (secondary N) is 1. The van der Waals surface area contributed by atoms with Crippen LogP contribution >= 0.6 is 0 Å². The number of furan rings is 1. The average Bonchev–Trinajstić information content (AvgIpc) is 2.83. The van der Waals surface area contributed by atoms with Gasteiger partial charge in [-0.1, -0.05) is 0 Å². The summed E-state index contributed by atoms with van der Waals surface area (Å²) in [4.78, 5) is 0. The first kappa shape index (κ1) is 13.3. The van der Waals surface area contributed by atoms with Gasteiger partial charge < -0.3 is 9.73 Å². The molecule has 0 aliphatic carbocycles. The summed E-state index contributed by atoms with van der Waals surface area (Å²) in [6, 6.07) is 10.0. The molecule has 2 rings (SSSR count). The Labute approximate surface area is 111 Å². The first-order valence-electron chi connectivity index (χ1n) is 6.08. The number of hydrogen-bond donors (Lipinski definition) is 1. The van der Waals surface area contributed by atoms with Crippen molar-refractivity contribution in [3.63, 3.8) is 0 Å². The van der Waals surface area contributed by atoms with Crippen LogP contribution in [-0.4, -0.2) is 0 Å². The van der Waals surface area contributed by atoms with Gasteiger partial charge >= 0.3 is 0 Å². The smallest absolute Gasteiger partial charge is 0.123 e. The zero-order valence-electron chi connectivity index (χ0n) is 10.9. The van der Waals surface area contributed by atoms with Gasteiger partial charge in [0.25, 0.3) is 0 Å². The fourth-order valence-electron chi connectivity index (χ4n) is 1.87. The minimum absolute atomic E-state index is 0.00325. The Morgan fingerprint density at radius 3 is 2.79 bits per heavy atom. The van der Waals surface area contributed by atoms with E-state index in [0.29, 0.717) is 17.7 Å². The van der Waals surface area contributed by atoms with Gasteiger partial charge in [0.05, 0.1) is 17.7 Å². The number of hydrogen-bond acceptors (Lipinski definition) is 3. The summed E-state index contributed by atoms with van der Waals surface area (Å²) in [6.45, 7) is 4.27. The number of rotatable bonds is 4. The largest absolute Gasteiger partial charge is 0.465 e. The van der Waals surface area contributed by atoms with E-state index >= 15 is 0 Å². The third-order valence-electron chi connectivity index (χ3n) is 2.97. The highest BCUT2D eigenvalue weighted by atomic mass is 19.1. The van der Waals surface area contributed by atoms with Crippen LogP contribution in [0.15, 0.2) is 34.7 Å². The molecule has 98 valence electrons. The number of nitrogens with zero attached hydrogens (tertiary/aromatic N) is 1. The Bertz CT molecular complexity index is 613. The van der Waals surface area contributed by atoms with Crippen molar-refractivity contribution < 1.29 is 8.81 Å². The van der Waals surface area contributed by atoms with Crippen LogP contribution in [0.1, 0.15) is 35.6 Å². The zero-order valence-corrected chi connectivity index (χ0v) is 10.9. The third-order valence-corrected chi connectivity index (χ3v) is 2.97. The van der Waals surface area contributed by atoms with E-state index in [4.69, 9.17) is 9.68 Å². The highest BCUT2D eigenvalue weighted by Crippen LogP contribution is 2.17. The van der Waals surface area contributed by atoms with E-state index in [0.717, 1.165) is 11.5 Å². The Morgan fingerprint density at radius 2 is 2.16 bits per heavy atom. The summed E-state index contributed by atoms with van der Waals surface area (Å²) in [6.07, 6.45) is 0. The maximum atomic E-state index is 13.2. The van der Waals surface area contributed by atoms with E-state index < -0.39 is 0 Å². The van der Waals surface area contributed by atoms with Gasteiger partial charge in [-0.05, 0) is 49.7 Å². The lowest BCUT2D eigenvalue weighted by atomic mass is 10.1. The first-order valence-corrected chi connectivity index (χ1v) is 6.08. The average molecular weight is 258 g/mol. The minimum atomic E-state index is -0.336. The summed E-state index contributed by atoms with van der Waals surface area (Å²) in [7, 11) is 0. The van der Waals surface area contributed by atoms with Crippen LogP contribution in [0.25, 0.3) is 0 Å². The van der Waals surface area contributed by atoms with Gasteiger partial charge in [0.15, 0.2) is 0 Å². The molecule has 0 radical (unpaired) electrons. The van der Waals surface area contributed by atoms with Crippen LogP contribution < -0.4 is 5.32 Å². The summed E-state index contributed by atoms with van der Waals surface area (Å²) >= 11 is 0. The van der Waals surface area contributed by atoms with Crippen molar-refractivity contribution in [2.75, 3.05) is 0 Å². The molecule has 0 spiro atoms. The lowest BCUT2D eigenvalue weighted by molar-refractivity contribution is 0.415. The Morgan fingerprint density at radius 1 is 1.37 bits per heavy atom. The molecule has 1 N–H and O–H groups in total. The zero-order chi connectivity index (χ0) is 13.8. The van der Waals surface area contributed by atoms with Crippen molar-refractivity contribution in [2.24, 2.45) is 0 Å². The molecule has 1 aromatic heterocycles. The van der Waals surface area contributed by atoms with Gasteiger partial charge in [-0.25, -0.2) is 4.39 Å². The second-order valence-corrected chi connectivity index (χ2v) is 4.46. The van der Waals surface area contributed by atoms with E-state index in [1.165, 1.54) is 18.2 Å². The molecule has 1 aromatic carbocycles. The van der Waals surface area contributed by atoms with Crippen LogP contribution in [0.5, 0.6) is 0 Å². The fraction of sp³-hybridized carbons (Fsp3) is 0.267. The van der Waals surface area contributed by atoms with Crippen molar-refractivity contribution in [1.29, 1.82) is 5.26 Å². The standard InChI is InChI=1S/C15H15FN2O/c1-10-3-6-15(19-10)11(2)18-9-13-7-14(16)5-4-12(13)8-17/h3-7,11,18H,9H2,1-2H3. The summed E-state index contributed by atoms with van der Waals surface area (Å²) in [5, 5.41) is 12.2. The molecular weight excluding hydrogens is 243 g/mol. The second kappa shape index (κ2) is 5.68. The minimum Gasteiger partial charge on any atom is -0.465 e. The maximum Gasteiger partial charge on any atom is 0.123 e. The fourth-order valence-corrected chi connectivity index (χ4v) is 1.87. The number of halogens is 1. The van der Waals surface area contributed by atoms with Crippen molar-refractivity contribution in [1.82, 2.24) is 5.32 Å². The molecule has 1 heterocycles. The van der Waals surface area contributed by atoms with Crippen LogP contribution in [0.3, 0.4) is 0 Å². The van der Waals surface area contributed by atoms with E-state index in [1.54, 1.807) is 0 Å². The normalized spacial score (nSPS) is 12.1. The van der Waals surface area contributed by atoms with Gasteiger partial charge in [0.2, 0.25) is 0 Å². The van der Waals surface area contributed by atoms with Gasteiger partial charge in [0.1, 0.15) is 17.3 Å². The summed E-state index contributed by atoms with van der Waals surface area (Å²) < 4.78 is 18.7. The molecule has 0 fully saturated rings. The maximum absolute atomic E-state index is 13.2. The Hall–Kier alpha value is -2.12. The molecule has 1 atom stereocenters. The highest BCUT2D eigenvalue weighted by Gasteiger charge is 2.10. The molecule has 2 aromatic rings. The topological polar surface area (TPSA) is 49.0 Å². The Kier molecular flexibility index (Phi) is 3.98. The van der Waals surface area contributed by atoms with E-state index in [2.05, 4.69) is 11.4 Å². The Balaban J connectivity index is 2.06. The molecule has 0 aliphatic heterocycles. The summed E-state index contributed by atoms with van der Waals surface area (Å²) in [5.74, 6) is 1.34. The molecule has 1 unspecified atom stereocenters. The van der Waals surface area contributed by atoms with Gasteiger partial charge in [-0.2, -0.15) is 5.26 Å². The lowest BCUT2D eigenvalue weighted by Gasteiger charge is -2.12. The molecule has 0 bridgehead atoms. The number of aryl methyl sites for hydroxylation is 1. The van der Waals surface area contributed by atoms with Crippen molar-refractivity contribution in [3.05, 3.63) is 58.8 Å². The van der Waals surface area contributed by atoms with E-state index in [9.17, 15) is 4.39 Å². The molecular formula is C15H15FN2O. The predicted molar refractivity (Wildman–Crippen MR) is 69.8 cm³/mol. The quantitative estimate of drug-likeness (QED) is 0.913. The van der Waals surface area contributed by atoms with Gasteiger partial charge in [0, 0.05) is 6.54 Å². The molecule has 0 saturated carbocycles. The van der Waals surface area contributed by atoms with Gasteiger partial charge in [-0.15, -0.1) is 0 Å². The van der Waals surface area contributed by atoms with Crippen molar-refractivity contribution in [3.8, 4) is 6.07 Å². The molecule has 0 amide bonds. The second-order valence-electron chi connectivity index (χ2n) is 4.46. The molecule has 3 nitrogen and oxygen atoms in total.